The minimum Gasteiger partial charge on any atom is -0.497 e. The van der Waals surface area contributed by atoms with E-state index in [1.165, 1.54) is 0 Å². The molecule has 0 aliphatic carbocycles. The van der Waals surface area contributed by atoms with Crippen LogP contribution < -0.4 is 26.5 Å². The molecule has 94 valence electrons. The van der Waals surface area contributed by atoms with Crippen LogP contribution in [0.2, 0.25) is 0 Å². The zero-order valence-electron chi connectivity index (χ0n) is 9.90. The molecule has 1 amide bonds. The first kappa shape index (κ1) is 13.3. The van der Waals surface area contributed by atoms with Crippen LogP contribution in [0.3, 0.4) is 0 Å². The molecule has 0 aromatic heterocycles. The van der Waals surface area contributed by atoms with E-state index in [1.54, 1.807) is 32.4 Å². The van der Waals surface area contributed by atoms with Gasteiger partial charge in [-0.1, -0.05) is 0 Å². The van der Waals surface area contributed by atoms with Crippen molar-refractivity contribution >= 4 is 5.91 Å². The Balaban J connectivity index is 2.96. The Kier molecular flexibility index (Phi) is 4.74. The zero-order valence-corrected chi connectivity index (χ0v) is 9.90. The molecule has 0 saturated carbocycles. The third kappa shape index (κ3) is 3.33. The predicted octanol–water partition coefficient (Wildman–Crippen LogP) is 0.0836. The van der Waals surface area contributed by atoms with Crippen molar-refractivity contribution in [3.05, 3.63) is 23.8 Å². The van der Waals surface area contributed by atoms with Crippen LogP contribution in [0.1, 0.15) is 18.0 Å². The summed E-state index contributed by atoms with van der Waals surface area (Å²) >= 11 is 0. The van der Waals surface area contributed by atoms with Crippen LogP contribution >= 0.6 is 0 Å². The Hall–Kier alpha value is -1.79. The molecule has 5 N–H and O–H groups in total. The Morgan fingerprint density at radius 2 is 2.12 bits per heavy atom. The number of ether oxygens (including phenoxy) is 2. The highest BCUT2D eigenvalue weighted by Crippen LogP contribution is 2.29. The predicted molar refractivity (Wildman–Crippen MR) is 63.4 cm³/mol. The molecule has 6 nitrogen and oxygen atoms in total. The van der Waals surface area contributed by atoms with Crippen molar-refractivity contribution in [2.45, 2.75) is 12.5 Å². The minimum atomic E-state index is -0.497. The van der Waals surface area contributed by atoms with Crippen LogP contribution in [0.5, 0.6) is 11.5 Å². The standard InChI is InChI=1S/C11H17N3O3/c1-16-7-3-4-10(17-2)8(5-7)9(12)6-11(15)14-13/h3-5,9H,6,12-13H2,1-2H3,(H,14,15). The number of amides is 1. The summed E-state index contributed by atoms with van der Waals surface area (Å²) in [7, 11) is 3.10. The third-order valence-electron chi connectivity index (χ3n) is 2.40. The Morgan fingerprint density at radius 1 is 1.41 bits per heavy atom. The molecule has 1 aromatic rings. The van der Waals surface area contributed by atoms with Crippen LogP contribution in [-0.4, -0.2) is 20.1 Å². The maximum absolute atomic E-state index is 11.2. The van der Waals surface area contributed by atoms with Gasteiger partial charge in [0, 0.05) is 18.0 Å². The van der Waals surface area contributed by atoms with Crippen molar-refractivity contribution in [3.8, 4) is 11.5 Å². The molecule has 0 radical (unpaired) electrons. The molecule has 0 bridgehead atoms. The number of hydrogen-bond acceptors (Lipinski definition) is 5. The lowest BCUT2D eigenvalue weighted by Crippen LogP contribution is -2.32. The molecular weight excluding hydrogens is 222 g/mol. The van der Waals surface area contributed by atoms with E-state index in [9.17, 15) is 4.79 Å². The van der Waals surface area contributed by atoms with Gasteiger partial charge in [-0.15, -0.1) is 0 Å². The van der Waals surface area contributed by atoms with Gasteiger partial charge >= 0.3 is 0 Å². The van der Waals surface area contributed by atoms with E-state index in [-0.39, 0.29) is 12.3 Å². The quantitative estimate of drug-likeness (QED) is 0.384. The summed E-state index contributed by atoms with van der Waals surface area (Å²) in [5.41, 5.74) is 8.66. The van der Waals surface area contributed by atoms with Gasteiger partial charge in [-0.3, -0.25) is 10.2 Å². The lowest BCUT2D eigenvalue weighted by atomic mass is 10.0. The SMILES string of the molecule is COc1ccc(OC)c(C(N)CC(=O)NN)c1. The minimum absolute atomic E-state index is 0.0834. The van der Waals surface area contributed by atoms with E-state index in [1.807, 2.05) is 5.43 Å². The molecule has 1 unspecified atom stereocenters. The highest BCUT2D eigenvalue weighted by atomic mass is 16.5. The normalized spacial score (nSPS) is 11.8. The van der Waals surface area contributed by atoms with Crippen molar-refractivity contribution in [2.24, 2.45) is 11.6 Å². The first-order valence-corrected chi connectivity index (χ1v) is 5.09. The van der Waals surface area contributed by atoms with E-state index in [0.717, 1.165) is 0 Å². The van der Waals surface area contributed by atoms with Crippen molar-refractivity contribution in [1.29, 1.82) is 0 Å². The molecule has 1 aromatic carbocycles. The summed E-state index contributed by atoms with van der Waals surface area (Å²) in [6, 6.07) is 4.75. The molecule has 0 aliphatic heterocycles. The van der Waals surface area contributed by atoms with E-state index in [4.69, 9.17) is 21.1 Å². The highest BCUT2D eigenvalue weighted by Gasteiger charge is 2.16. The average Bonchev–Trinajstić information content (AvgIpc) is 2.37. The van der Waals surface area contributed by atoms with Gasteiger partial charge in [-0.2, -0.15) is 0 Å². The van der Waals surface area contributed by atoms with Crippen LogP contribution in [0.25, 0.3) is 0 Å². The fraction of sp³-hybridized carbons (Fsp3) is 0.364. The second-order valence-corrected chi connectivity index (χ2v) is 3.49. The van der Waals surface area contributed by atoms with Crippen molar-refractivity contribution < 1.29 is 14.3 Å². The molecule has 0 aliphatic rings. The topological polar surface area (TPSA) is 99.6 Å². The molecule has 1 rings (SSSR count). The van der Waals surface area contributed by atoms with Crippen molar-refractivity contribution in [2.75, 3.05) is 14.2 Å². The van der Waals surface area contributed by atoms with Gasteiger partial charge in [0.25, 0.3) is 0 Å². The molecule has 17 heavy (non-hydrogen) atoms. The third-order valence-corrected chi connectivity index (χ3v) is 2.40. The maximum atomic E-state index is 11.2. The number of hydrogen-bond donors (Lipinski definition) is 3. The molecule has 1 atom stereocenters. The van der Waals surface area contributed by atoms with E-state index in [2.05, 4.69) is 0 Å². The van der Waals surface area contributed by atoms with E-state index in [0.29, 0.717) is 17.1 Å². The monoisotopic (exact) mass is 239 g/mol. The molecule has 0 spiro atoms. The molecular formula is C11H17N3O3. The van der Waals surface area contributed by atoms with Gasteiger partial charge in [0.05, 0.1) is 14.2 Å². The maximum Gasteiger partial charge on any atom is 0.235 e. The molecule has 0 saturated heterocycles. The number of methoxy groups -OCH3 is 2. The largest absolute Gasteiger partial charge is 0.497 e. The molecule has 0 fully saturated rings. The van der Waals surface area contributed by atoms with Crippen molar-refractivity contribution in [3.63, 3.8) is 0 Å². The lowest BCUT2D eigenvalue weighted by Gasteiger charge is -2.16. The Morgan fingerprint density at radius 3 is 2.65 bits per heavy atom. The van der Waals surface area contributed by atoms with Gasteiger partial charge < -0.3 is 15.2 Å². The summed E-state index contributed by atoms with van der Waals surface area (Å²) in [4.78, 5) is 11.2. The first-order valence-electron chi connectivity index (χ1n) is 5.09. The van der Waals surface area contributed by atoms with E-state index < -0.39 is 6.04 Å². The van der Waals surface area contributed by atoms with Gasteiger partial charge in [-0.05, 0) is 18.2 Å². The van der Waals surface area contributed by atoms with Crippen LogP contribution in [0.4, 0.5) is 0 Å². The van der Waals surface area contributed by atoms with Gasteiger partial charge in [0.15, 0.2) is 0 Å². The summed E-state index contributed by atoms with van der Waals surface area (Å²) < 4.78 is 10.3. The molecule has 0 heterocycles. The summed E-state index contributed by atoms with van der Waals surface area (Å²) in [5, 5.41) is 0. The second kappa shape index (κ2) is 6.07. The van der Waals surface area contributed by atoms with Crippen molar-refractivity contribution in [1.82, 2.24) is 5.43 Å². The first-order chi connectivity index (χ1) is 8.12. The number of carbonyl (C=O) groups excluding carboxylic acids is 1. The fourth-order valence-electron chi connectivity index (χ4n) is 1.50. The molecule has 6 heteroatoms. The highest BCUT2D eigenvalue weighted by molar-refractivity contribution is 5.76. The van der Waals surface area contributed by atoms with E-state index >= 15 is 0 Å². The zero-order chi connectivity index (χ0) is 12.8. The number of benzene rings is 1. The van der Waals surface area contributed by atoms with Crippen LogP contribution in [0, 0.1) is 0 Å². The summed E-state index contributed by atoms with van der Waals surface area (Å²) in [6.07, 6.45) is 0.0834. The van der Waals surface area contributed by atoms with Gasteiger partial charge in [0.1, 0.15) is 11.5 Å². The Labute approximate surface area is 99.8 Å². The second-order valence-electron chi connectivity index (χ2n) is 3.49. The lowest BCUT2D eigenvalue weighted by molar-refractivity contribution is -0.121. The fourth-order valence-corrected chi connectivity index (χ4v) is 1.50. The average molecular weight is 239 g/mol. The van der Waals surface area contributed by atoms with Crippen LogP contribution in [0.15, 0.2) is 18.2 Å². The Bertz CT molecular complexity index is 396. The summed E-state index contributed by atoms with van der Waals surface area (Å²) in [5.74, 6) is 5.95. The number of nitrogens with two attached hydrogens (primary N) is 2. The van der Waals surface area contributed by atoms with Gasteiger partial charge in [-0.25, -0.2) is 5.84 Å². The number of rotatable bonds is 5. The van der Waals surface area contributed by atoms with Gasteiger partial charge in [0.2, 0.25) is 5.91 Å². The van der Waals surface area contributed by atoms with Crippen LogP contribution in [-0.2, 0) is 4.79 Å². The number of hydrazine groups is 1. The summed E-state index contributed by atoms with van der Waals surface area (Å²) in [6.45, 7) is 0. The number of carbonyl (C=O) groups is 1. The number of nitrogens with one attached hydrogen (secondary N) is 1. The smallest absolute Gasteiger partial charge is 0.235 e.